The third-order valence-electron chi connectivity index (χ3n) is 5.47. The van der Waals surface area contributed by atoms with Crippen molar-refractivity contribution in [2.24, 2.45) is 0 Å². The summed E-state index contributed by atoms with van der Waals surface area (Å²) in [5, 5.41) is 0. The zero-order chi connectivity index (χ0) is 21.7. The largest absolute Gasteiger partial charge is 0.453 e. The quantitative estimate of drug-likeness (QED) is 0.139. The van der Waals surface area contributed by atoms with Crippen LogP contribution in [0.1, 0.15) is 104 Å². The molecular weight excluding hydrogens is 374 g/mol. The van der Waals surface area contributed by atoms with Crippen LogP contribution in [-0.2, 0) is 20.8 Å². The van der Waals surface area contributed by atoms with E-state index in [2.05, 4.69) is 6.92 Å². The average molecular weight is 421 g/mol. The first-order valence-electron chi connectivity index (χ1n) is 12.4. The zero-order valence-electron chi connectivity index (χ0n) is 19.7. The standard InChI is InChI=1S/C26H46NO3/c1-3-4-5-6-7-8-9-10-11-12-13-14-15-19-22-29-24-26(30-25(2)28)23-27-20-17-16-18-21-27/h16-18,20-21,26H,3-15,19,22-24H2,1-2H3/q+1. The van der Waals surface area contributed by atoms with Crippen molar-refractivity contribution in [1.29, 1.82) is 0 Å². The second-order valence-corrected chi connectivity index (χ2v) is 8.47. The zero-order valence-corrected chi connectivity index (χ0v) is 19.7. The third kappa shape index (κ3) is 16.4. The van der Waals surface area contributed by atoms with Crippen LogP contribution in [0.25, 0.3) is 0 Å². The second kappa shape index (κ2) is 19.5. The van der Waals surface area contributed by atoms with E-state index < -0.39 is 0 Å². The number of nitrogens with zero attached hydrogens (tertiary/aromatic N) is 1. The maximum atomic E-state index is 11.3. The molecule has 30 heavy (non-hydrogen) atoms. The van der Waals surface area contributed by atoms with Crippen LogP contribution in [0.15, 0.2) is 30.6 Å². The monoisotopic (exact) mass is 420 g/mol. The number of ether oxygens (including phenoxy) is 2. The Kier molecular flexibility index (Phi) is 17.3. The van der Waals surface area contributed by atoms with Crippen molar-refractivity contribution in [1.82, 2.24) is 0 Å². The van der Waals surface area contributed by atoms with Crippen LogP contribution in [-0.4, -0.2) is 25.3 Å². The molecule has 0 saturated carbocycles. The lowest BCUT2D eigenvalue weighted by molar-refractivity contribution is -0.703. The van der Waals surface area contributed by atoms with Crippen molar-refractivity contribution in [3.05, 3.63) is 30.6 Å². The minimum absolute atomic E-state index is 0.235. The number of aromatic nitrogens is 1. The first kappa shape index (κ1) is 26.6. The van der Waals surface area contributed by atoms with Gasteiger partial charge >= 0.3 is 5.97 Å². The Morgan fingerprint density at radius 2 is 1.27 bits per heavy atom. The normalized spacial score (nSPS) is 12.1. The fourth-order valence-corrected chi connectivity index (χ4v) is 3.76. The van der Waals surface area contributed by atoms with Crippen molar-refractivity contribution < 1.29 is 18.8 Å². The minimum atomic E-state index is -0.253. The highest BCUT2D eigenvalue weighted by molar-refractivity contribution is 5.66. The van der Waals surface area contributed by atoms with Gasteiger partial charge in [0.15, 0.2) is 25.0 Å². The Balaban J connectivity index is 1.92. The molecule has 0 fully saturated rings. The number of hydrogen-bond donors (Lipinski definition) is 0. The molecule has 0 spiro atoms. The molecule has 1 heterocycles. The van der Waals surface area contributed by atoms with E-state index in [0.29, 0.717) is 13.2 Å². The van der Waals surface area contributed by atoms with Crippen LogP contribution in [0.5, 0.6) is 0 Å². The molecule has 0 saturated heterocycles. The summed E-state index contributed by atoms with van der Waals surface area (Å²) >= 11 is 0. The van der Waals surface area contributed by atoms with Crippen LogP contribution < -0.4 is 4.57 Å². The summed E-state index contributed by atoms with van der Waals surface area (Å²) < 4.78 is 13.2. The topological polar surface area (TPSA) is 39.4 Å². The molecule has 0 amide bonds. The summed E-state index contributed by atoms with van der Waals surface area (Å²) in [5.74, 6) is -0.253. The van der Waals surface area contributed by atoms with E-state index in [9.17, 15) is 4.79 Å². The molecule has 0 aliphatic rings. The van der Waals surface area contributed by atoms with E-state index in [4.69, 9.17) is 9.47 Å². The predicted octanol–water partition coefficient (Wildman–Crippen LogP) is 6.40. The molecule has 0 radical (unpaired) electrons. The predicted molar refractivity (Wildman–Crippen MR) is 123 cm³/mol. The summed E-state index contributed by atoms with van der Waals surface area (Å²) in [5.41, 5.74) is 0. The number of carbonyl (C=O) groups excluding carboxylic acids is 1. The van der Waals surface area contributed by atoms with Gasteiger partial charge in [0, 0.05) is 25.7 Å². The van der Waals surface area contributed by atoms with Crippen LogP contribution in [0.3, 0.4) is 0 Å². The Hall–Kier alpha value is -1.42. The molecule has 1 rings (SSSR count). The van der Waals surface area contributed by atoms with Gasteiger partial charge in [0.05, 0.1) is 6.61 Å². The Bertz CT molecular complexity index is 506. The highest BCUT2D eigenvalue weighted by atomic mass is 16.6. The fraction of sp³-hybridized carbons (Fsp3) is 0.769. The van der Waals surface area contributed by atoms with Crippen molar-refractivity contribution in [2.45, 2.75) is 116 Å². The smallest absolute Gasteiger partial charge is 0.303 e. The van der Waals surface area contributed by atoms with Gasteiger partial charge in [0.25, 0.3) is 0 Å². The van der Waals surface area contributed by atoms with Gasteiger partial charge in [-0.1, -0.05) is 96.5 Å². The molecule has 0 aliphatic carbocycles. The van der Waals surface area contributed by atoms with Gasteiger partial charge in [0.1, 0.15) is 0 Å². The highest BCUT2D eigenvalue weighted by Gasteiger charge is 2.17. The van der Waals surface area contributed by atoms with Crippen LogP contribution in [0, 0.1) is 0 Å². The van der Waals surface area contributed by atoms with Crippen molar-refractivity contribution >= 4 is 5.97 Å². The SMILES string of the molecule is CCCCCCCCCCCCCCCCOCC(C[n+]1ccccc1)OC(C)=O. The number of esters is 1. The molecule has 0 aliphatic heterocycles. The molecule has 0 bridgehead atoms. The maximum Gasteiger partial charge on any atom is 0.303 e. The van der Waals surface area contributed by atoms with E-state index >= 15 is 0 Å². The van der Waals surface area contributed by atoms with Gasteiger partial charge in [0.2, 0.25) is 0 Å². The Morgan fingerprint density at radius 1 is 0.767 bits per heavy atom. The number of hydrogen-bond acceptors (Lipinski definition) is 3. The van der Waals surface area contributed by atoms with Gasteiger partial charge in [-0.15, -0.1) is 0 Å². The summed E-state index contributed by atoms with van der Waals surface area (Å²) in [7, 11) is 0. The second-order valence-electron chi connectivity index (χ2n) is 8.47. The molecule has 4 heteroatoms. The first-order chi connectivity index (χ1) is 14.7. The number of pyridine rings is 1. The van der Waals surface area contributed by atoms with Gasteiger partial charge in [-0.3, -0.25) is 4.79 Å². The van der Waals surface area contributed by atoms with E-state index in [1.807, 2.05) is 35.2 Å². The third-order valence-corrected chi connectivity index (χ3v) is 5.47. The van der Waals surface area contributed by atoms with E-state index in [1.165, 1.54) is 90.4 Å². The molecule has 1 aromatic heterocycles. The molecule has 1 aromatic rings. The highest BCUT2D eigenvalue weighted by Crippen LogP contribution is 2.13. The summed E-state index contributed by atoms with van der Waals surface area (Å²) in [6, 6.07) is 5.92. The molecule has 172 valence electrons. The lowest BCUT2D eigenvalue weighted by Gasteiger charge is -2.14. The molecule has 4 nitrogen and oxygen atoms in total. The first-order valence-corrected chi connectivity index (χ1v) is 12.4. The van der Waals surface area contributed by atoms with E-state index in [0.717, 1.165) is 13.0 Å². The van der Waals surface area contributed by atoms with Crippen LogP contribution in [0.4, 0.5) is 0 Å². The van der Waals surface area contributed by atoms with E-state index in [1.54, 1.807) is 0 Å². The summed E-state index contributed by atoms with van der Waals surface area (Å²) in [4.78, 5) is 11.3. The van der Waals surface area contributed by atoms with Crippen molar-refractivity contribution in [2.75, 3.05) is 13.2 Å². The molecular formula is C26H46NO3+. The van der Waals surface area contributed by atoms with Gasteiger partial charge in [-0.05, 0) is 6.42 Å². The Labute approximate surface area is 185 Å². The van der Waals surface area contributed by atoms with Crippen LogP contribution >= 0.6 is 0 Å². The minimum Gasteiger partial charge on any atom is -0.453 e. The Morgan fingerprint density at radius 3 is 1.77 bits per heavy atom. The molecule has 1 unspecified atom stereocenters. The summed E-state index contributed by atoms with van der Waals surface area (Å²) in [6.45, 7) is 5.56. The van der Waals surface area contributed by atoms with Gasteiger partial charge in [-0.2, -0.15) is 0 Å². The molecule has 0 N–H and O–H groups in total. The van der Waals surface area contributed by atoms with Gasteiger partial charge in [-0.25, -0.2) is 4.57 Å². The van der Waals surface area contributed by atoms with Gasteiger partial charge < -0.3 is 9.47 Å². The number of rotatable bonds is 20. The van der Waals surface area contributed by atoms with Crippen molar-refractivity contribution in [3.63, 3.8) is 0 Å². The molecule has 0 aromatic carbocycles. The van der Waals surface area contributed by atoms with Crippen LogP contribution in [0.2, 0.25) is 0 Å². The lowest BCUT2D eigenvalue weighted by Crippen LogP contribution is -2.42. The molecule has 1 atom stereocenters. The fourth-order valence-electron chi connectivity index (χ4n) is 3.76. The lowest BCUT2D eigenvalue weighted by atomic mass is 10.0. The van der Waals surface area contributed by atoms with E-state index in [-0.39, 0.29) is 12.1 Å². The number of carbonyl (C=O) groups is 1. The summed E-state index contributed by atoms with van der Waals surface area (Å²) in [6.07, 6.45) is 22.7. The number of unbranched alkanes of at least 4 members (excludes halogenated alkanes) is 13. The van der Waals surface area contributed by atoms with Crippen molar-refractivity contribution in [3.8, 4) is 0 Å². The maximum absolute atomic E-state index is 11.3. The average Bonchev–Trinajstić information content (AvgIpc) is 2.73.